The molecule has 2 rings (SSSR count). The Labute approximate surface area is 198 Å². The highest BCUT2D eigenvalue weighted by Crippen LogP contribution is 2.27. The van der Waals surface area contributed by atoms with E-state index >= 15 is 0 Å². The number of methoxy groups -OCH3 is 1. The lowest BCUT2D eigenvalue weighted by molar-refractivity contribution is -0.141. The fraction of sp³-hybridized carbons (Fsp3) is 0.737. The van der Waals surface area contributed by atoms with Crippen molar-refractivity contribution in [2.24, 2.45) is 4.99 Å². The zero-order valence-corrected chi connectivity index (χ0v) is 20.3. The number of rotatable bonds is 10. The second kappa shape index (κ2) is 14.6. The highest BCUT2D eigenvalue weighted by molar-refractivity contribution is 14.0. The van der Waals surface area contributed by atoms with Crippen molar-refractivity contribution >= 4 is 35.9 Å². The van der Waals surface area contributed by atoms with Crippen LogP contribution in [0.4, 0.5) is 19.1 Å². The van der Waals surface area contributed by atoms with Crippen molar-refractivity contribution in [2.75, 3.05) is 58.4 Å². The van der Waals surface area contributed by atoms with Gasteiger partial charge in [0.25, 0.3) is 0 Å². The molecular formula is C19H32F3IN6O2. The lowest BCUT2D eigenvalue weighted by Gasteiger charge is -2.34. The summed E-state index contributed by atoms with van der Waals surface area (Å²) in [6.07, 6.45) is -0.409. The lowest BCUT2D eigenvalue weighted by Crippen LogP contribution is -2.47. The normalized spacial score (nSPS) is 15.5. The van der Waals surface area contributed by atoms with Crippen molar-refractivity contribution in [3.05, 3.63) is 18.0 Å². The number of hydrogen-bond donors (Lipinski definition) is 2. The molecule has 0 aromatic carbocycles. The Bertz CT molecular complexity index is 658. The largest absolute Gasteiger partial charge is 0.433 e. The van der Waals surface area contributed by atoms with Crippen LogP contribution in [-0.4, -0.2) is 80.0 Å². The number of hydrogen-bond acceptors (Lipinski definition) is 6. The number of guanidine groups is 1. The van der Waals surface area contributed by atoms with Gasteiger partial charge in [-0.25, -0.2) is 9.97 Å². The number of likely N-dealkylation sites (tertiary alicyclic amines) is 1. The molecule has 31 heavy (non-hydrogen) atoms. The molecule has 0 amide bonds. The second-order valence-corrected chi connectivity index (χ2v) is 6.83. The van der Waals surface area contributed by atoms with Gasteiger partial charge in [-0.1, -0.05) is 0 Å². The van der Waals surface area contributed by atoms with Gasteiger partial charge in [0.15, 0.2) is 5.96 Å². The maximum atomic E-state index is 12.7. The third-order valence-electron chi connectivity index (χ3n) is 4.53. The summed E-state index contributed by atoms with van der Waals surface area (Å²) in [5, 5.41) is 6.06. The first-order chi connectivity index (χ1) is 14.4. The van der Waals surface area contributed by atoms with E-state index in [2.05, 4.69) is 30.5 Å². The Kier molecular flexibility index (Phi) is 13.0. The van der Waals surface area contributed by atoms with Gasteiger partial charge in [0.2, 0.25) is 5.95 Å². The molecule has 0 unspecified atom stereocenters. The molecule has 12 heteroatoms. The first kappa shape index (κ1) is 27.6. The van der Waals surface area contributed by atoms with Crippen molar-refractivity contribution < 1.29 is 22.6 Å². The summed E-state index contributed by atoms with van der Waals surface area (Å²) in [6, 6.07) is 0.845. The molecule has 1 aliphatic heterocycles. The van der Waals surface area contributed by atoms with Crippen LogP contribution < -0.4 is 10.6 Å². The summed E-state index contributed by atoms with van der Waals surface area (Å²) < 4.78 is 49.1. The molecule has 0 spiro atoms. The van der Waals surface area contributed by atoms with Gasteiger partial charge in [-0.15, -0.1) is 24.0 Å². The molecule has 1 aliphatic rings. The van der Waals surface area contributed by atoms with Gasteiger partial charge in [0.1, 0.15) is 5.69 Å². The summed E-state index contributed by atoms with van der Waals surface area (Å²) in [5.41, 5.74) is -0.968. The van der Waals surface area contributed by atoms with E-state index in [-0.39, 0.29) is 36.0 Å². The molecule has 1 aromatic heterocycles. The highest BCUT2D eigenvalue weighted by Gasteiger charge is 2.32. The molecule has 2 heterocycles. The molecular weight excluding hydrogens is 528 g/mol. The van der Waals surface area contributed by atoms with E-state index < -0.39 is 11.9 Å². The maximum absolute atomic E-state index is 12.7. The minimum Gasteiger partial charge on any atom is -0.385 e. The Morgan fingerprint density at radius 2 is 2.03 bits per heavy atom. The van der Waals surface area contributed by atoms with E-state index in [4.69, 9.17) is 9.47 Å². The van der Waals surface area contributed by atoms with Crippen LogP contribution in [0, 0.1) is 0 Å². The number of aliphatic imine (C=N–C) groups is 1. The first-order valence-corrected chi connectivity index (χ1v) is 10.2. The standard InChI is InChI=1S/C19H31F3N6O2.HI/c1-3-23-18(28-11-6-15(7-12-28)30-14-4-13-29-2)26-10-9-25-17-24-8-5-16(27-17)19(20,21)22;/h5,8,15H,3-4,6-7,9-14H2,1-2H3,(H,23,26)(H,24,25,27);1H. The summed E-state index contributed by atoms with van der Waals surface area (Å²) in [5.74, 6) is 0.735. The van der Waals surface area contributed by atoms with Crippen molar-refractivity contribution in [2.45, 2.75) is 38.5 Å². The predicted octanol–water partition coefficient (Wildman–Crippen LogP) is 3.01. The van der Waals surface area contributed by atoms with Gasteiger partial charge < -0.3 is 25.0 Å². The number of halogens is 4. The lowest BCUT2D eigenvalue weighted by atomic mass is 10.1. The van der Waals surface area contributed by atoms with E-state index in [9.17, 15) is 13.2 Å². The third-order valence-corrected chi connectivity index (χ3v) is 4.53. The van der Waals surface area contributed by atoms with Gasteiger partial charge in [0, 0.05) is 52.7 Å². The maximum Gasteiger partial charge on any atom is 0.433 e. The summed E-state index contributed by atoms with van der Waals surface area (Å²) in [7, 11) is 1.68. The van der Waals surface area contributed by atoms with Gasteiger partial charge in [-0.05, 0) is 32.3 Å². The van der Waals surface area contributed by atoms with Crippen LogP contribution >= 0.6 is 24.0 Å². The van der Waals surface area contributed by atoms with Gasteiger partial charge >= 0.3 is 6.18 Å². The van der Waals surface area contributed by atoms with Crippen LogP contribution in [0.1, 0.15) is 31.9 Å². The van der Waals surface area contributed by atoms with E-state index in [1.54, 1.807) is 7.11 Å². The van der Waals surface area contributed by atoms with Crippen LogP contribution in [0.25, 0.3) is 0 Å². The molecule has 0 saturated carbocycles. The third kappa shape index (κ3) is 10.2. The number of alkyl halides is 3. The van der Waals surface area contributed by atoms with Gasteiger partial charge in [-0.3, -0.25) is 4.99 Å². The molecule has 1 fully saturated rings. The minimum absolute atomic E-state index is 0. The average molecular weight is 560 g/mol. The quantitative estimate of drug-likeness (QED) is 0.197. The Balaban J connectivity index is 0.00000480. The molecule has 1 aromatic rings. The van der Waals surface area contributed by atoms with Crippen LogP contribution in [0.15, 0.2) is 17.3 Å². The fourth-order valence-corrected chi connectivity index (χ4v) is 3.04. The molecule has 0 atom stereocenters. The molecule has 0 aliphatic carbocycles. The Morgan fingerprint density at radius 1 is 1.29 bits per heavy atom. The predicted molar refractivity (Wildman–Crippen MR) is 124 cm³/mol. The molecule has 1 saturated heterocycles. The SMILES string of the molecule is CCNC(=NCCNc1nccc(C(F)(F)F)n1)N1CCC(OCCCOC)CC1.I. The molecule has 0 radical (unpaired) electrons. The van der Waals surface area contributed by atoms with Gasteiger partial charge in [0.05, 0.1) is 12.6 Å². The smallest absolute Gasteiger partial charge is 0.385 e. The summed E-state index contributed by atoms with van der Waals surface area (Å²) in [6.45, 7) is 6.53. The Hall–Kier alpha value is -1.41. The first-order valence-electron chi connectivity index (χ1n) is 10.2. The van der Waals surface area contributed by atoms with Crippen molar-refractivity contribution in [3.63, 3.8) is 0 Å². The number of piperidine rings is 1. The van der Waals surface area contributed by atoms with Crippen LogP contribution in [0.5, 0.6) is 0 Å². The van der Waals surface area contributed by atoms with Crippen molar-refractivity contribution in [3.8, 4) is 0 Å². The molecule has 0 bridgehead atoms. The highest BCUT2D eigenvalue weighted by atomic mass is 127. The van der Waals surface area contributed by atoms with Crippen LogP contribution in [0.2, 0.25) is 0 Å². The number of ether oxygens (including phenoxy) is 2. The van der Waals surface area contributed by atoms with E-state index in [1.807, 2.05) is 6.92 Å². The number of anilines is 1. The zero-order valence-electron chi connectivity index (χ0n) is 18.0. The zero-order chi connectivity index (χ0) is 21.8. The number of nitrogens with zero attached hydrogens (tertiary/aromatic N) is 4. The molecule has 8 nitrogen and oxygen atoms in total. The molecule has 2 N–H and O–H groups in total. The van der Waals surface area contributed by atoms with E-state index in [0.717, 1.165) is 57.1 Å². The monoisotopic (exact) mass is 560 g/mol. The Morgan fingerprint density at radius 3 is 2.68 bits per heavy atom. The molecule has 178 valence electrons. The average Bonchev–Trinajstić information content (AvgIpc) is 2.73. The van der Waals surface area contributed by atoms with Crippen molar-refractivity contribution in [1.82, 2.24) is 20.2 Å². The number of nitrogens with one attached hydrogen (secondary N) is 2. The topological polar surface area (TPSA) is 83.9 Å². The minimum atomic E-state index is -4.49. The van der Waals surface area contributed by atoms with Crippen LogP contribution in [-0.2, 0) is 15.7 Å². The summed E-state index contributed by atoms with van der Waals surface area (Å²) >= 11 is 0. The summed E-state index contributed by atoms with van der Waals surface area (Å²) in [4.78, 5) is 14.1. The van der Waals surface area contributed by atoms with Crippen LogP contribution in [0.3, 0.4) is 0 Å². The van der Waals surface area contributed by atoms with Crippen molar-refractivity contribution in [1.29, 1.82) is 0 Å². The number of aromatic nitrogens is 2. The van der Waals surface area contributed by atoms with Gasteiger partial charge in [-0.2, -0.15) is 13.2 Å². The fourth-order valence-electron chi connectivity index (χ4n) is 3.04. The van der Waals surface area contributed by atoms with E-state index in [1.165, 1.54) is 0 Å². The van der Waals surface area contributed by atoms with E-state index in [0.29, 0.717) is 26.3 Å². The second-order valence-electron chi connectivity index (χ2n) is 6.83.